The number of hydrogen-bond donors (Lipinski definition) is 2. The van der Waals surface area contributed by atoms with Gasteiger partial charge in [-0.05, 0) is 52.7 Å². The Kier molecular flexibility index (Phi) is 5.77. The van der Waals surface area contributed by atoms with Gasteiger partial charge >= 0.3 is 0 Å². The molecule has 0 saturated heterocycles. The Hall–Kier alpha value is -2.14. The molecule has 8 nitrogen and oxygen atoms in total. The van der Waals surface area contributed by atoms with Gasteiger partial charge in [0, 0.05) is 30.0 Å². The number of imidazole rings is 1. The highest BCUT2D eigenvalue weighted by molar-refractivity contribution is 14.1. The molecule has 0 spiro atoms. The standard InChI is InChI=1S/C20H25IN6O2/c1-11(2)9-23-4-5-27-17(26-18-19(22)24-10-25-20(18)27)7-13-6-15-16(8-14(13)21)29-12(3)28-15/h6,8,10-12,23H,4-5,7,9H2,1-3H3,(H2,22,24,25). The van der Waals surface area contributed by atoms with Crippen LogP contribution in [0.25, 0.3) is 11.2 Å². The summed E-state index contributed by atoms with van der Waals surface area (Å²) in [5, 5.41) is 3.48. The molecule has 1 aliphatic rings. The quantitative estimate of drug-likeness (QED) is 0.374. The summed E-state index contributed by atoms with van der Waals surface area (Å²) < 4.78 is 14.7. The zero-order valence-electron chi connectivity index (χ0n) is 16.8. The van der Waals surface area contributed by atoms with Crippen molar-refractivity contribution in [1.82, 2.24) is 24.8 Å². The van der Waals surface area contributed by atoms with Gasteiger partial charge in [-0.1, -0.05) is 13.8 Å². The number of halogens is 1. The van der Waals surface area contributed by atoms with Gasteiger partial charge in [-0.25, -0.2) is 15.0 Å². The van der Waals surface area contributed by atoms with E-state index in [0.717, 1.165) is 51.7 Å². The number of nitrogens with two attached hydrogens (primary N) is 1. The van der Waals surface area contributed by atoms with Gasteiger partial charge in [0.25, 0.3) is 0 Å². The van der Waals surface area contributed by atoms with Crippen molar-refractivity contribution in [3.63, 3.8) is 0 Å². The molecule has 0 radical (unpaired) electrons. The Morgan fingerprint density at radius 1 is 1.24 bits per heavy atom. The summed E-state index contributed by atoms with van der Waals surface area (Å²) in [6, 6.07) is 4.05. The SMILES string of the molecule is CC(C)CNCCn1c(Cc2cc3c(cc2I)OC(C)O3)nc2c(N)ncnc21. The number of anilines is 1. The van der Waals surface area contributed by atoms with Crippen molar-refractivity contribution >= 4 is 39.6 Å². The van der Waals surface area contributed by atoms with E-state index < -0.39 is 0 Å². The van der Waals surface area contributed by atoms with Crippen LogP contribution in [0.3, 0.4) is 0 Å². The molecule has 3 heterocycles. The van der Waals surface area contributed by atoms with Crippen LogP contribution in [0, 0.1) is 9.49 Å². The average molecular weight is 508 g/mol. The molecule has 1 unspecified atom stereocenters. The van der Waals surface area contributed by atoms with Crippen LogP contribution in [0.1, 0.15) is 32.2 Å². The molecule has 1 aliphatic heterocycles. The zero-order valence-corrected chi connectivity index (χ0v) is 18.9. The Bertz CT molecular complexity index is 1040. The van der Waals surface area contributed by atoms with E-state index in [0.29, 0.717) is 23.7 Å². The minimum atomic E-state index is -0.261. The van der Waals surface area contributed by atoms with Gasteiger partial charge in [0.05, 0.1) is 0 Å². The van der Waals surface area contributed by atoms with E-state index >= 15 is 0 Å². The predicted molar refractivity (Wildman–Crippen MR) is 120 cm³/mol. The lowest BCUT2D eigenvalue weighted by molar-refractivity contribution is 0.0678. The fourth-order valence-corrected chi connectivity index (χ4v) is 4.03. The smallest absolute Gasteiger partial charge is 0.238 e. The number of nitrogen functional groups attached to an aromatic ring is 1. The van der Waals surface area contributed by atoms with Crippen molar-refractivity contribution in [2.45, 2.75) is 40.0 Å². The molecule has 3 aromatic rings. The van der Waals surface area contributed by atoms with Crippen LogP contribution in [0.15, 0.2) is 18.5 Å². The third kappa shape index (κ3) is 4.25. The lowest BCUT2D eigenvalue weighted by Gasteiger charge is -2.12. The van der Waals surface area contributed by atoms with Crippen molar-refractivity contribution < 1.29 is 9.47 Å². The summed E-state index contributed by atoms with van der Waals surface area (Å²) >= 11 is 2.33. The maximum atomic E-state index is 6.06. The number of hydrogen-bond acceptors (Lipinski definition) is 7. The molecule has 0 amide bonds. The van der Waals surface area contributed by atoms with E-state index in [1.165, 1.54) is 6.33 Å². The second-order valence-corrected chi connectivity index (χ2v) is 8.74. The predicted octanol–water partition coefficient (Wildman–Crippen LogP) is 2.97. The lowest BCUT2D eigenvalue weighted by Crippen LogP contribution is -2.24. The van der Waals surface area contributed by atoms with Crippen LogP contribution in [0.2, 0.25) is 0 Å². The molecule has 29 heavy (non-hydrogen) atoms. The number of fused-ring (bicyclic) bond motifs is 2. The molecular weight excluding hydrogens is 483 g/mol. The molecule has 1 aromatic carbocycles. The minimum Gasteiger partial charge on any atom is -0.451 e. The number of nitrogens with zero attached hydrogens (tertiary/aromatic N) is 4. The minimum absolute atomic E-state index is 0.261. The van der Waals surface area contributed by atoms with Gasteiger partial charge in [-0.3, -0.25) is 0 Å². The number of nitrogens with one attached hydrogen (secondary N) is 1. The Morgan fingerprint density at radius 2 is 2.00 bits per heavy atom. The molecule has 3 N–H and O–H groups in total. The number of aromatic nitrogens is 4. The monoisotopic (exact) mass is 508 g/mol. The molecule has 0 saturated carbocycles. The van der Waals surface area contributed by atoms with Crippen LogP contribution in [-0.4, -0.2) is 38.9 Å². The van der Waals surface area contributed by atoms with Crippen LogP contribution in [0.4, 0.5) is 5.82 Å². The van der Waals surface area contributed by atoms with Gasteiger partial charge in [0.1, 0.15) is 12.2 Å². The van der Waals surface area contributed by atoms with Crippen molar-refractivity contribution in [1.29, 1.82) is 0 Å². The number of ether oxygens (including phenoxy) is 2. The van der Waals surface area contributed by atoms with Gasteiger partial charge in [-0.2, -0.15) is 0 Å². The van der Waals surface area contributed by atoms with Crippen molar-refractivity contribution in [3.05, 3.63) is 33.4 Å². The summed E-state index contributed by atoms with van der Waals surface area (Å²) in [4.78, 5) is 13.3. The Morgan fingerprint density at radius 3 is 2.76 bits per heavy atom. The van der Waals surface area contributed by atoms with E-state index in [-0.39, 0.29) is 6.29 Å². The van der Waals surface area contributed by atoms with E-state index in [2.05, 4.69) is 56.3 Å². The second kappa shape index (κ2) is 8.31. The molecule has 0 aliphatic carbocycles. The van der Waals surface area contributed by atoms with Gasteiger partial charge in [0.15, 0.2) is 28.5 Å². The number of rotatable bonds is 7. The van der Waals surface area contributed by atoms with E-state index in [4.69, 9.17) is 20.2 Å². The fourth-order valence-electron chi connectivity index (χ4n) is 3.40. The summed E-state index contributed by atoms with van der Waals surface area (Å²) in [6.07, 6.45) is 1.87. The van der Waals surface area contributed by atoms with Crippen molar-refractivity contribution in [2.75, 3.05) is 18.8 Å². The largest absolute Gasteiger partial charge is 0.451 e. The molecule has 0 fully saturated rings. The zero-order chi connectivity index (χ0) is 20.5. The molecular formula is C20H25IN6O2. The van der Waals surface area contributed by atoms with E-state index in [1.807, 2.05) is 19.1 Å². The lowest BCUT2D eigenvalue weighted by atomic mass is 10.1. The average Bonchev–Trinajstić information content (AvgIpc) is 3.19. The van der Waals surface area contributed by atoms with E-state index in [1.54, 1.807) is 0 Å². The van der Waals surface area contributed by atoms with E-state index in [9.17, 15) is 0 Å². The summed E-state index contributed by atoms with van der Waals surface area (Å²) in [6.45, 7) is 8.83. The fraction of sp³-hybridized carbons (Fsp3) is 0.450. The highest BCUT2D eigenvalue weighted by Crippen LogP contribution is 2.38. The molecule has 1 atom stereocenters. The summed E-state index contributed by atoms with van der Waals surface area (Å²) in [7, 11) is 0. The number of benzene rings is 1. The first kappa shape index (κ1) is 20.1. The second-order valence-electron chi connectivity index (χ2n) is 7.58. The first-order valence-corrected chi connectivity index (χ1v) is 10.8. The van der Waals surface area contributed by atoms with Crippen LogP contribution >= 0.6 is 22.6 Å². The third-order valence-corrected chi connectivity index (χ3v) is 5.76. The molecule has 2 aromatic heterocycles. The normalized spacial score (nSPS) is 15.6. The molecule has 154 valence electrons. The molecule has 4 rings (SSSR count). The topological polar surface area (TPSA) is 100 Å². The van der Waals surface area contributed by atoms with Crippen molar-refractivity contribution in [2.24, 2.45) is 5.92 Å². The highest BCUT2D eigenvalue weighted by Gasteiger charge is 2.23. The highest BCUT2D eigenvalue weighted by atomic mass is 127. The van der Waals surface area contributed by atoms with Gasteiger partial charge in [-0.15, -0.1) is 0 Å². The Labute approximate surface area is 183 Å². The first-order valence-electron chi connectivity index (χ1n) is 9.74. The molecule has 9 heteroatoms. The van der Waals surface area contributed by atoms with Crippen molar-refractivity contribution in [3.8, 4) is 11.5 Å². The van der Waals surface area contributed by atoms with Crippen LogP contribution < -0.4 is 20.5 Å². The maximum absolute atomic E-state index is 6.06. The third-order valence-electron chi connectivity index (χ3n) is 4.75. The summed E-state index contributed by atoms with van der Waals surface area (Å²) in [5.41, 5.74) is 8.61. The van der Waals surface area contributed by atoms with Gasteiger partial charge < -0.3 is 25.1 Å². The first-order chi connectivity index (χ1) is 13.9. The summed E-state index contributed by atoms with van der Waals surface area (Å²) in [5.74, 6) is 3.47. The van der Waals surface area contributed by atoms with Crippen LogP contribution in [0.5, 0.6) is 11.5 Å². The van der Waals surface area contributed by atoms with Gasteiger partial charge in [0.2, 0.25) is 6.29 Å². The maximum Gasteiger partial charge on any atom is 0.238 e. The van der Waals surface area contributed by atoms with Crippen LogP contribution in [-0.2, 0) is 13.0 Å². The molecule has 0 bridgehead atoms. The Balaban J connectivity index is 1.65.